The van der Waals surface area contributed by atoms with Gasteiger partial charge in [0.25, 0.3) is 0 Å². The summed E-state index contributed by atoms with van der Waals surface area (Å²) in [6.45, 7) is 5.39. The molecule has 1 saturated heterocycles. The van der Waals surface area contributed by atoms with Gasteiger partial charge in [0.1, 0.15) is 0 Å². The summed E-state index contributed by atoms with van der Waals surface area (Å²) in [6.07, 6.45) is 0.966. The molecule has 0 bridgehead atoms. The van der Waals surface area contributed by atoms with Gasteiger partial charge in [0, 0.05) is 32.5 Å². The molecule has 1 N–H and O–H groups in total. The van der Waals surface area contributed by atoms with E-state index in [1.54, 1.807) is 11.9 Å². The number of amides is 2. The zero-order chi connectivity index (χ0) is 16.6. The second kappa shape index (κ2) is 6.02. The minimum absolute atomic E-state index is 0.0241. The molecule has 2 heterocycles. The third-order valence-corrected chi connectivity index (χ3v) is 4.49. The molecule has 6 nitrogen and oxygen atoms in total. The Morgan fingerprint density at radius 3 is 2.91 bits per heavy atom. The van der Waals surface area contributed by atoms with Gasteiger partial charge in [-0.15, -0.1) is 0 Å². The number of hydrogen-bond donors (Lipinski definition) is 1. The first kappa shape index (κ1) is 15.5. The van der Waals surface area contributed by atoms with Crippen LogP contribution in [0.4, 0.5) is 5.95 Å². The first-order valence-electron chi connectivity index (χ1n) is 8.01. The average Bonchev–Trinajstić information content (AvgIpc) is 2.85. The van der Waals surface area contributed by atoms with Crippen molar-refractivity contribution in [3.8, 4) is 0 Å². The molecule has 3 rings (SSSR count). The minimum Gasteiger partial charge on any atom is -0.346 e. The number of aromatic nitrogens is 2. The number of fused-ring (bicyclic) bond motifs is 1. The number of piperidine rings is 1. The summed E-state index contributed by atoms with van der Waals surface area (Å²) in [7, 11) is 1.77. The number of carbonyl (C=O) groups is 2. The van der Waals surface area contributed by atoms with Crippen molar-refractivity contribution in [2.75, 3.05) is 18.9 Å². The summed E-state index contributed by atoms with van der Waals surface area (Å²) in [5, 5.41) is 2.92. The van der Waals surface area contributed by atoms with E-state index in [0.29, 0.717) is 18.9 Å². The summed E-state index contributed by atoms with van der Waals surface area (Å²) in [5.74, 6) is 0.194. The molecule has 0 saturated carbocycles. The molecular formula is C17H22N4O2. The topological polar surface area (TPSA) is 67.2 Å². The smallest absolute Gasteiger partial charge is 0.230 e. The predicted molar refractivity (Wildman–Crippen MR) is 89.1 cm³/mol. The standard InChI is InChI=1S/C17H22N4O2/c1-4-21-14-6-5-11(2)9-13(14)18-17(21)19-16(23)12-7-8-20(3)15(22)10-12/h5-6,9,12H,4,7-8,10H2,1-3H3,(H,18,19,23). The minimum atomic E-state index is -0.273. The number of hydrogen-bond acceptors (Lipinski definition) is 3. The molecule has 0 radical (unpaired) electrons. The van der Waals surface area contributed by atoms with Crippen LogP contribution in [0.25, 0.3) is 11.0 Å². The van der Waals surface area contributed by atoms with Crippen molar-refractivity contribution in [2.24, 2.45) is 5.92 Å². The van der Waals surface area contributed by atoms with Crippen LogP contribution in [0.15, 0.2) is 18.2 Å². The fourth-order valence-electron chi connectivity index (χ4n) is 3.03. The van der Waals surface area contributed by atoms with Crippen molar-refractivity contribution in [1.82, 2.24) is 14.5 Å². The van der Waals surface area contributed by atoms with E-state index in [4.69, 9.17) is 0 Å². The predicted octanol–water partition coefficient (Wildman–Crippen LogP) is 2.17. The first-order valence-corrected chi connectivity index (χ1v) is 8.01. The van der Waals surface area contributed by atoms with Crippen LogP contribution in [-0.4, -0.2) is 39.9 Å². The number of nitrogens with one attached hydrogen (secondary N) is 1. The molecule has 1 aromatic carbocycles. The van der Waals surface area contributed by atoms with Crippen LogP contribution in [0.5, 0.6) is 0 Å². The summed E-state index contributed by atoms with van der Waals surface area (Å²) in [6, 6.07) is 6.07. The van der Waals surface area contributed by atoms with Gasteiger partial charge in [0.2, 0.25) is 17.8 Å². The molecule has 122 valence electrons. The van der Waals surface area contributed by atoms with Crippen LogP contribution in [0.3, 0.4) is 0 Å². The third-order valence-electron chi connectivity index (χ3n) is 4.49. The highest BCUT2D eigenvalue weighted by Gasteiger charge is 2.29. The molecule has 23 heavy (non-hydrogen) atoms. The van der Waals surface area contributed by atoms with Crippen LogP contribution >= 0.6 is 0 Å². The molecule has 2 amide bonds. The van der Waals surface area contributed by atoms with Crippen LogP contribution in [-0.2, 0) is 16.1 Å². The maximum absolute atomic E-state index is 12.5. The zero-order valence-corrected chi connectivity index (χ0v) is 13.8. The Labute approximate surface area is 135 Å². The fraction of sp³-hybridized carbons (Fsp3) is 0.471. The normalized spacial score (nSPS) is 18.5. The lowest BCUT2D eigenvalue weighted by molar-refractivity contribution is -0.137. The number of likely N-dealkylation sites (tertiary alicyclic amines) is 1. The maximum Gasteiger partial charge on any atom is 0.230 e. The third kappa shape index (κ3) is 2.93. The summed E-state index contributed by atoms with van der Waals surface area (Å²) in [4.78, 5) is 30.5. The van der Waals surface area contributed by atoms with Crippen molar-refractivity contribution in [1.29, 1.82) is 0 Å². The van der Waals surface area contributed by atoms with Crippen molar-refractivity contribution in [2.45, 2.75) is 33.2 Å². The lowest BCUT2D eigenvalue weighted by Crippen LogP contribution is -2.40. The van der Waals surface area contributed by atoms with Gasteiger partial charge >= 0.3 is 0 Å². The Morgan fingerprint density at radius 2 is 2.22 bits per heavy atom. The molecule has 1 unspecified atom stereocenters. The van der Waals surface area contributed by atoms with Crippen LogP contribution in [0.2, 0.25) is 0 Å². The van der Waals surface area contributed by atoms with E-state index in [0.717, 1.165) is 23.1 Å². The second-order valence-electron chi connectivity index (χ2n) is 6.17. The Hall–Kier alpha value is -2.37. The lowest BCUT2D eigenvalue weighted by Gasteiger charge is -2.27. The second-order valence-corrected chi connectivity index (χ2v) is 6.17. The number of anilines is 1. The number of rotatable bonds is 3. The van der Waals surface area contributed by atoms with Gasteiger partial charge in [-0.1, -0.05) is 6.07 Å². The monoisotopic (exact) mass is 314 g/mol. The molecule has 0 spiro atoms. The van der Waals surface area contributed by atoms with E-state index >= 15 is 0 Å². The molecule has 1 fully saturated rings. The molecule has 1 aromatic heterocycles. The molecule has 2 aromatic rings. The van der Waals surface area contributed by atoms with Gasteiger partial charge in [-0.3, -0.25) is 14.9 Å². The Balaban J connectivity index is 1.83. The van der Waals surface area contributed by atoms with Gasteiger partial charge < -0.3 is 9.47 Å². The quantitative estimate of drug-likeness (QED) is 0.944. The zero-order valence-electron chi connectivity index (χ0n) is 13.8. The van der Waals surface area contributed by atoms with Gasteiger partial charge in [-0.25, -0.2) is 4.98 Å². The highest BCUT2D eigenvalue weighted by atomic mass is 16.2. The van der Waals surface area contributed by atoms with Crippen molar-refractivity contribution < 1.29 is 9.59 Å². The van der Waals surface area contributed by atoms with E-state index in [2.05, 4.69) is 10.3 Å². The summed E-state index contributed by atoms with van der Waals surface area (Å²) < 4.78 is 1.99. The lowest BCUT2D eigenvalue weighted by atomic mass is 9.96. The number of imidazole rings is 1. The van der Waals surface area contributed by atoms with Crippen molar-refractivity contribution in [3.05, 3.63) is 23.8 Å². The molecular weight excluding hydrogens is 292 g/mol. The number of aryl methyl sites for hydroxylation is 2. The number of benzene rings is 1. The average molecular weight is 314 g/mol. The van der Waals surface area contributed by atoms with E-state index < -0.39 is 0 Å². The van der Waals surface area contributed by atoms with E-state index in [1.807, 2.05) is 36.6 Å². The Bertz CT molecular complexity index is 765. The molecule has 1 aliphatic rings. The van der Waals surface area contributed by atoms with Crippen molar-refractivity contribution in [3.63, 3.8) is 0 Å². The highest BCUT2D eigenvalue weighted by molar-refractivity contribution is 5.96. The van der Waals surface area contributed by atoms with Crippen molar-refractivity contribution >= 4 is 28.8 Å². The van der Waals surface area contributed by atoms with Gasteiger partial charge in [-0.05, 0) is 38.0 Å². The Morgan fingerprint density at radius 1 is 1.43 bits per heavy atom. The van der Waals surface area contributed by atoms with Crippen LogP contribution < -0.4 is 5.32 Å². The largest absolute Gasteiger partial charge is 0.346 e. The van der Waals surface area contributed by atoms with E-state index in [9.17, 15) is 9.59 Å². The summed E-state index contributed by atoms with van der Waals surface area (Å²) in [5.41, 5.74) is 3.02. The highest BCUT2D eigenvalue weighted by Crippen LogP contribution is 2.23. The molecule has 1 atom stereocenters. The first-order chi connectivity index (χ1) is 11.0. The number of nitrogens with zero attached hydrogens (tertiary/aromatic N) is 3. The number of carbonyl (C=O) groups excluding carboxylic acids is 2. The summed E-state index contributed by atoms with van der Waals surface area (Å²) >= 11 is 0. The van der Waals surface area contributed by atoms with Gasteiger partial charge in [0.15, 0.2) is 0 Å². The van der Waals surface area contributed by atoms with Crippen LogP contribution in [0, 0.1) is 12.8 Å². The van der Waals surface area contributed by atoms with E-state index in [-0.39, 0.29) is 24.2 Å². The Kier molecular flexibility index (Phi) is 4.07. The van der Waals surface area contributed by atoms with Gasteiger partial charge in [0.05, 0.1) is 11.0 Å². The van der Waals surface area contributed by atoms with Gasteiger partial charge in [-0.2, -0.15) is 0 Å². The SMILES string of the molecule is CCn1c(NC(=O)C2CCN(C)C(=O)C2)nc2cc(C)ccc21. The van der Waals surface area contributed by atoms with Crippen LogP contribution in [0.1, 0.15) is 25.3 Å². The van der Waals surface area contributed by atoms with E-state index in [1.165, 1.54) is 0 Å². The fourth-order valence-corrected chi connectivity index (χ4v) is 3.03. The molecule has 1 aliphatic heterocycles. The maximum atomic E-state index is 12.5. The molecule has 6 heteroatoms. The molecule has 0 aliphatic carbocycles.